The lowest BCUT2D eigenvalue weighted by atomic mass is 10.1. The van der Waals surface area contributed by atoms with Crippen LogP contribution in [-0.4, -0.2) is 5.78 Å². The van der Waals surface area contributed by atoms with Crippen molar-refractivity contribution in [2.45, 2.75) is 0 Å². The molecule has 0 radical (unpaired) electrons. The third-order valence-electron chi connectivity index (χ3n) is 1.36. The van der Waals surface area contributed by atoms with Crippen molar-refractivity contribution >= 4 is 11.5 Å². The number of carbonyl (C=O) groups is 1. The van der Waals surface area contributed by atoms with Crippen molar-refractivity contribution in [2.75, 3.05) is 5.73 Å². The minimum Gasteiger partial charge on any atom is -0.399 e. The molecule has 11 heavy (non-hydrogen) atoms. The lowest BCUT2D eigenvalue weighted by molar-refractivity contribution is 0.104. The molecule has 1 aromatic rings. The third kappa shape index (κ3) is 1.67. The van der Waals surface area contributed by atoms with E-state index in [-0.39, 0.29) is 5.78 Å². The molecule has 0 aromatic heterocycles. The molecule has 0 aliphatic heterocycles. The Kier molecular flexibility index (Phi) is 2.06. The molecule has 0 spiro atoms. The highest BCUT2D eigenvalue weighted by Crippen LogP contribution is 2.06. The van der Waals surface area contributed by atoms with Gasteiger partial charge in [0.1, 0.15) is 0 Å². The minimum absolute atomic E-state index is 0.0997. The van der Waals surface area contributed by atoms with Crippen LogP contribution in [-0.2, 0) is 0 Å². The van der Waals surface area contributed by atoms with Crippen molar-refractivity contribution < 1.29 is 4.79 Å². The number of nitrogen functional groups attached to an aromatic ring is 1. The van der Waals surface area contributed by atoms with E-state index in [1.165, 1.54) is 6.08 Å². The average Bonchev–Trinajstić information content (AvgIpc) is 2.03. The summed E-state index contributed by atoms with van der Waals surface area (Å²) < 4.78 is 0. The standard InChI is InChI=1S/C9H9NO/c1-2-9(11)7-4-3-5-8(10)6-7/h2-6H,1,10H2. The molecule has 0 aliphatic rings. The van der Waals surface area contributed by atoms with E-state index in [1.807, 2.05) is 0 Å². The number of allylic oxidation sites excluding steroid dienone is 1. The Hall–Kier alpha value is -1.57. The van der Waals surface area contributed by atoms with Gasteiger partial charge in [-0.05, 0) is 18.2 Å². The summed E-state index contributed by atoms with van der Waals surface area (Å²) in [6, 6.07) is 6.82. The SMILES string of the molecule is C=CC(=O)c1cccc(N)c1. The Labute approximate surface area is 65.3 Å². The highest BCUT2D eigenvalue weighted by Gasteiger charge is 1.98. The summed E-state index contributed by atoms with van der Waals surface area (Å²) in [5, 5.41) is 0. The fourth-order valence-electron chi connectivity index (χ4n) is 0.810. The predicted molar refractivity (Wildman–Crippen MR) is 45.4 cm³/mol. The highest BCUT2D eigenvalue weighted by atomic mass is 16.1. The minimum atomic E-state index is -0.0997. The maximum atomic E-state index is 11.0. The van der Waals surface area contributed by atoms with Crippen molar-refractivity contribution in [1.29, 1.82) is 0 Å². The van der Waals surface area contributed by atoms with Crippen molar-refractivity contribution in [3.8, 4) is 0 Å². The zero-order valence-corrected chi connectivity index (χ0v) is 6.08. The fourth-order valence-corrected chi connectivity index (χ4v) is 0.810. The Morgan fingerprint density at radius 2 is 2.27 bits per heavy atom. The second-order valence-electron chi connectivity index (χ2n) is 2.19. The molecule has 0 amide bonds. The smallest absolute Gasteiger partial charge is 0.185 e. The maximum absolute atomic E-state index is 11.0. The van der Waals surface area contributed by atoms with E-state index in [2.05, 4.69) is 6.58 Å². The first-order chi connectivity index (χ1) is 5.24. The Balaban J connectivity index is 3.05. The summed E-state index contributed by atoms with van der Waals surface area (Å²) in [6.07, 6.45) is 1.27. The number of nitrogens with two attached hydrogens (primary N) is 1. The van der Waals surface area contributed by atoms with Crippen LogP contribution < -0.4 is 5.73 Å². The number of carbonyl (C=O) groups excluding carboxylic acids is 1. The predicted octanol–water partition coefficient (Wildman–Crippen LogP) is 1.64. The number of anilines is 1. The molecule has 0 heterocycles. The summed E-state index contributed by atoms with van der Waals surface area (Å²) >= 11 is 0. The lowest BCUT2D eigenvalue weighted by Gasteiger charge is -1.95. The molecule has 0 unspecified atom stereocenters. The first-order valence-electron chi connectivity index (χ1n) is 3.26. The summed E-state index contributed by atoms with van der Waals surface area (Å²) in [5.74, 6) is -0.0997. The van der Waals surface area contributed by atoms with Crippen LogP contribution in [0.15, 0.2) is 36.9 Å². The largest absolute Gasteiger partial charge is 0.399 e. The molecule has 0 aliphatic carbocycles. The van der Waals surface area contributed by atoms with Crippen LogP contribution in [0.5, 0.6) is 0 Å². The van der Waals surface area contributed by atoms with E-state index in [1.54, 1.807) is 24.3 Å². The van der Waals surface area contributed by atoms with Crippen LogP contribution >= 0.6 is 0 Å². The van der Waals surface area contributed by atoms with Gasteiger partial charge in [-0.15, -0.1) is 0 Å². The van der Waals surface area contributed by atoms with Gasteiger partial charge >= 0.3 is 0 Å². The number of ketones is 1. The van der Waals surface area contributed by atoms with E-state index >= 15 is 0 Å². The molecular formula is C9H9NO. The molecule has 0 atom stereocenters. The third-order valence-corrected chi connectivity index (χ3v) is 1.36. The van der Waals surface area contributed by atoms with E-state index < -0.39 is 0 Å². The molecule has 1 rings (SSSR count). The van der Waals surface area contributed by atoms with E-state index in [4.69, 9.17) is 5.73 Å². The molecule has 2 N–H and O–H groups in total. The second-order valence-corrected chi connectivity index (χ2v) is 2.19. The van der Waals surface area contributed by atoms with Crippen LogP contribution in [0.3, 0.4) is 0 Å². The van der Waals surface area contributed by atoms with Crippen LogP contribution in [0.4, 0.5) is 5.69 Å². The fraction of sp³-hybridized carbons (Fsp3) is 0. The Bertz CT molecular complexity index is 291. The molecule has 0 fully saturated rings. The Morgan fingerprint density at radius 1 is 1.55 bits per heavy atom. The maximum Gasteiger partial charge on any atom is 0.185 e. The number of hydrogen-bond acceptors (Lipinski definition) is 2. The number of benzene rings is 1. The van der Waals surface area contributed by atoms with Gasteiger partial charge in [-0.2, -0.15) is 0 Å². The normalized spacial score (nSPS) is 9.09. The van der Waals surface area contributed by atoms with Crippen LogP contribution in [0.2, 0.25) is 0 Å². The molecule has 0 saturated carbocycles. The summed E-state index contributed by atoms with van der Waals surface area (Å²) in [4.78, 5) is 11.0. The molecule has 0 saturated heterocycles. The molecule has 1 aromatic carbocycles. The zero-order chi connectivity index (χ0) is 8.27. The van der Waals surface area contributed by atoms with Crippen LogP contribution in [0.1, 0.15) is 10.4 Å². The average molecular weight is 147 g/mol. The summed E-state index contributed by atoms with van der Waals surface area (Å²) in [5.41, 5.74) is 6.64. The molecule has 0 bridgehead atoms. The van der Waals surface area contributed by atoms with E-state index in [0.29, 0.717) is 11.3 Å². The first kappa shape index (κ1) is 7.54. The highest BCUT2D eigenvalue weighted by molar-refractivity contribution is 6.04. The van der Waals surface area contributed by atoms with Crippen molar-refractivity contribution in [3.63, 3.8) is 0 Å². The van der Waals surface area contributed by atoms with Gasteiger partial charge in [0.05, 0.1) is 0 Å². The molecular weight excluding hydrogens is 138 g/mol. The molecule has 2 nitrogen and oxygen atoms in total. The van der Waals surface area contributed by atoms with E-state index in [9.17, 15) is 4.79 Å². The molecule has 2 heteroatoms. The van der Waals surface area contributed by atoms with Gasteiger partial charge in [-0.1, -0.05) is 18.7 Å². The number of rotatable bonds is 2. The van der Waals surface area contributed by atoms with Gasteiger partial charge in [0.2, 0.25) is 0 Å². The quantitative estimate of drug-likeness (QED) is 0.392. The second kappa shape index (κ2) is 3.01. The summed E-state index contributed by atoms with van der Waals surface area (Å²) in [7, 11) is 0. The van der Waals surface area contributed by atoms with Crippen molar-refractivity contribution in [3.05, 3.63) is 42.5 Å². The summed E-state index contributed by atoms with van der Waals surface area (Å²) in [6.45, 7) is 3.38. The van der Waals surface area contributed by atoms with Crippen molar-refractivity contribution in [1.82, 2.24) is 0 Å². The Morgan fingerprint density at radius 3 is 2.82 bits per heavy atom. The first-order valence-corrected chi connectivity index (χ1v) is 3.26. The van der Waals surface area contributed by atoms with Gasteiger partial charge in [0, 0.05) is 11.3 Å². The van der Waals surface area contributed by atoms with Gasteiger partial charge < -0.3 is 5.73 Å². The van der Waals surface area contributed by atoms with Gasteiger partial charge in [0.25, 0.3) is 0 Å². The zero-order valence-electron chi connectivity index (χ0n) is 6.08. The molecule has 56 valence electrons. The lowest BCUT2D eigenvalue weighted by Crippen LogP contribution is -1.94. The van der Waals surface area contributed by atoms with Crippen LogP contribution in [0, 0.1) is 0 Å². The topological polar surface area (TPSA) is 43.1 Å². The number of hydrogen-bond donors (Lipinski definition) is 1. The van der Waals surface area contributed by atoms with Crippen molar-refractivity contribution in [2.24, 2.45) is 0 Å². The van der Waals surface area contributed by atoms with Gasteiger partial charge in [-0.25, -0.2) is 0 Å². The van der Waals surface area contributed by atoms with Crippen LogP contribution in [0.25, 0.3) is 0 Å². The van der Waals surface area contributed by atoms with E-state index in [0.717, 1.165) is 0 Å². The monoisotopic (exact) mass is 147 g/mol. The van der Waals surface area contributed by atoms with Gasteiger partial charge in [0.15, 0.2) is 5.78 Å². The van der Waals surface area contributed by atoms with Gasteiger partial charge in [-0.3, -0.25) is 4.79 Å².